The van der Waals surface area contributed by atoms with Crippen molar-refractivity contribution >= 4 is 35.3 Å². The SMILES string of the molecule is CCC(=O)Nc1ccc(NC(=O)NCC[NH+](CC)CC)cc1.O=C([O-])/C=C/C(=O)O. The van der Waals surface area contributed by atoms with Gasteiger partial charge in [0.15, 0.2) is 0 Å². The Labute approximate surface area is 176 Å². The number of quaternary nitrogens is 1. The molecule has 0 aromatic heterocycles. The van der Waals surface area contributed by atoms with Gasteiger partial charge < -0.3 is 35.9 Å². The van der Waals surface area contributed by atoms with Gasteiger partial charge in [-0.1, -0.05) is 6.92 Å². The number of amides is 3. The number of benzene rings is 1. The van der Waals surface area contributed by atoms with Crippen molar-refractivity contribution in [1.82, 2.24) is 5.32 Å². The minimum Gasteiger partial charge on any atom is -0.545 e. The maximum atomic E-state index is 11.8. The van der Waals surface area contributed by atoms with Crippen molar-refractivity contribution in [3.8, 4) is 0 Å². The van der Waals surface area contributed by atoms with Gasteiger partial charge in [0, 0.05) is 23.9 Å². The quantitative estimate of drug-likeness (QED) is 0.319. The van der Waals surface area contributed by atoms with Crippen molar-refractivity contribution in [3.63, 3.8) is 0 Å². The summed E-state index contributed by atoms with van der Waals surface area (Å²) in [7, 11) is 0. The van der Waals surface area contributed by atoms with Crippen LogP contribution in [0.25, 0.3) is 0 Å². The number of carboxylic acids is 2. The lowest BCUT2D eigenvalue weighted by atomic mass is 10.2. The third kappa shape index (κ3) is 13.7. The Kier molecular flexibility index (Phi) is 13.8. The molecule has 10 heteroatoms. The van der Waals surface area contributed by atoms with E-state index in [1.807, 2.05) is 0 Å². The number of carboxylic acid groups (broad SMARTS) is 2. The average Bonchev–Trinajstić information content (AvgIpc) is 2.71. The third-order valence-corrected chi connectivity index (χ3v) is 3.87. The van der Waals surface area contributed by atoms with Gasteiger partial charge in [0.25, 0.3) is 0 Å². The van der Waals surface area contributed by atoms with E-state index in [4.69, 9.17) is 5.11 Å². The van der Waals surface area contributed by atoms with Crippen molar-refractivity contribution in [3.05, 3.63) is 36.4 Å². The highest BCUT2D eigenvalue weighted by Crippen LogP contribution is 2.13. The Morgan fingerprint density at radius 3 is 1.90 bits per heavy atom. The van der Waals surface area contributed by atoms with Gasteiger partial charge in [0.1, 0.15) is 0 Å². The van der Waals surface area contributed by atoms with Gasteiger partial charge in [0.2, 0.25) is 5.91 Å². The predicted octanol–water partition coefficient (Wildman–Crippen LogP) is -0.542. The van der Waals surface area contributed by atoms with Gasteiger partial charge >= 0.3 is 12.0 Å². The Bertz CT molecular complexity index is 699. The maximum Gasteiger partial charge on any atom is 0.328 e. The van der Waals surface area contributed by atoms with Crippen LogP contribution in [0, 0.1) is 0 Å². The summed E-state index contributed by atoms with van der Waals surface area (Å²) in [5.74, 6) is -2.83. The number of carbonyl (C=O) groups is 4. The van der Waals surface area contributed by atoms with Crippen LogP contribution in [0.1, 0.15) is 27.2 Å². The molecule has 1 aromatic carbocycles. The molecule has 0 unspecified atom stereocenters. The van der Waals surface area contributed by atoms with Gasteiger partial charge in [0.05, 0.1) is 32.1 Å². The molecule has 5 N–H and O–H groups in total. The lowest BCUT2D eigenvalue weighted by Crippen LogP contribution is -3.12. The van der Waals surface area contributed by atoms with Crippen molar-refractivity contribution in [2.75, 3.05) is 36.8 Å². The first kappa shape index (κ1) is 26.6. The zero-order valence-electron chi connectivity index (χ0n) is 17.5. The van der Waals surface area contributed by atoms with Crippen LogP contribution >= 0.6 is 0 Å². The summed E-state index contributed by atoms with van der Waals surface area (Å²) < 4.78 is 0. The largest absolute Gasteiger partial charge is 0.545 e. The lowest BCUT2D eigenvalue weighted by molar-refractivity contribution is -0.895. The van der Waals surface area contributed by atoms with E-state index in [1.165, 1.54) is 4.90 Å². The van der Waals surface area contributed by atoms with E-state index in [9.17, 15) is 24.3 Å². The number of anilines is 2. The summed E-state index contributed by atoms with van der Waals surface area (Å²) in [6, 6.07) is 6.85. The minimum absolute atomic E-state index is 0.0302. The molecule has 0 aliphatic carbocycles. The molecule has 3 amide bonds. The van der Waals surface area contributed by atoms with Crippen LogP contribution < -0.4 is 26.0 Å². The Morgan fingerprint density at radius 2 is 1.50 bits per heavy atom. The normalized spacial score (nSPS) is 10.1. The second kappa shape index (κ2) is 15.5. The molecule has 0 aliphatic rings. The van der Waals surface area contributed by atoms with Gasteiger partial charge in [-0.3, -0.25) is 4.79 Å². The first-order chi connectivity index (χ1) is 14.2. The first-order valence-corrected chi connectivity index (χ1v) is 9.62. The van der Waals surface area contributed by atoms with Crippen LogP contribution in [0.2, 0.25) is 0 Å². The lowest BCUT2D eigenvalue weighted by Gasteiger charge is -2.15. The van der Waals surface area contributed by atoms with E-state index in [0.717, 1.165) is 25.3 Å². The second-order valence-electron chi connectivity index (χ2n) is 6.06. The molecule has 0 heterocycles. The third-order valence-electron chi connectivity index (χ3n) is 3.87. The predicted molar refractivity (Wildman–Crippen MR) is 111 cm³/mol. The van der Waals surface area contributed by atoms with Gasteiger partial charge in [-0.2, -0.15) is 0 Å². The molecule has 0 radical (unpaired) electrons. The summed E-state index contributed by atoms with van der Waals surface area (Å²) in [4.78, 5) is 43.5. The van der Waals surface area contributed by atoms with Crippen molar-refractivity contribution < 1.29 is 34.3 Å². The first-order valence-electron chi connectivity index (χ1n) is 9.62. The number of hydrogen-bond donors (Lipinski definition) is 5. The van der Waals surface area contributed by atoms with Gasteiger partial charge in [-0.25, -0.2) is 9.59 Å². The van der Waals surface area contributed by atoms with Gasteiger partial charge in [-0.05, 0) is 44.2 Å². The Hall–Kier alpha value is -3.40. The molecular formula is C20H30N4O6. The Balaban J connectivity index is 0.000000890. The zero-order valence-corrected chi connectivity index (χ0v) is 17.5. The number of aliphatic carboxylic acids is 2. The summed E-state index contributed by atoms with van der Waals surface area (Å²) >= 11 is 0. The molecule has 10 nitrogen and oxygen atoms in total. The van der Waals surface area contributed by atoms with Crippen LogP contribution in [0.5, 0.6) is 0 Å². The second-order valence-corrected chi connectivity index (χ2v) is 6.06. The summed E-state index contributed by atoms with van der Waals surface area (Å²) in [5, 5.41) is 25.6. The van der Waals surface area contributed by atoms with Crippen molar-refractivity contribution in [2.24, 2.45) is 0 Å². The summed E-state index contributed by atoms with van der Waals surface area (Å²) in [6.45, 7) is 9.76. The topological polar surface area (TPSA) is 152 Å². The molecule has 1 rings (SSSR count). The van der Waals surface area contributed by atoms with E-state index in [1.54, 1.807) is 31.2 Å². The fraction of sp³-hybridized carbons (Fsp3) is 0.400. The monoisotopic (exact) mass is 422 g/mol. The molecule has 0 aliphatic heterocycles. The molecule has 0 fully saturated rings. The zero-order chi connectivity index (χ0) is 22.9. The fourth-order valence-corrected chi connectivity index (χ4v) is 2.16. The average molecular weight is 422 g/mol. The number of hydrogen-bond acceptors (Lipinski definition) is 5. The molecule has 0 atom stereocenters. The van der Waals surface area contributed by atoms with Crippen molar-refractivity contribution in [1.29, 1.82) is 0 Å². The van der Waals surface area contributed by atoms with E-state index in [-0.39, 0.29) is 11.9 Å². The Morgan fingerprint density at radius 1 is 0.967 bits per heavy atom. The molecule has 0 saturated heterocycles. The van der Waals surface area contributed by atoms with E-state index >= 15 is 0 Å². The number of nitrogens with one attached hydrogen (secondary N) is 4. The summed E-state index contributed by atoms with van der Waals surface area (Å²) in [6.07, 6.45) is 1.38. The minimum atomic E-state index is -1.51. The highest BCUT2D eigenvalue weighted by molar-refractivity contribution is 5.92. The molecular weight excluding hydrogens is 392 g/mol. The van der Waals surface area contributed by atoms with Crippen LogP contribution in [0.15, 0.2) is 36.4 Å². The molecule has 30 heavy (non-hydrogen) atoms. The van der Waals surface area contributed by atoms with E-state index in [2.05, 4.69) is 29.8 Å². The fourth-order valence-electron chi connectivity index (χ4n) is 2.16. The summed E-state index contributed by atoms with van der Waals surface area (Å²) in [5.41, 5.74) is 1.42. The number of urea groups is 1. The number of rotatable bonds is 10. The maximum absolute atomic E-state index is 11.8. The number of likely N-dealkylation sites (N-methyl/N-ethyl adjacent to an activating group) is 1. The highest BCUT2D eigenvalue weighted by atomic mass is 16.4. The van der Waals surface area contributed by atoms with Crippen molar-refractivity contribution in [2.45, 2.75) is 27.2 Å². The molecule has 1 aromatic rings. The van der Waals surface area contributed by atoms with Crippen LogP contribution in [-0.2, 0) is 14.4 Å². The number of carbonyl (C=O) groups excluding carboxylic acids is 3. The molecule has 0 spiro atoms. The van der Waals surface area contributed by atoms with Crippen LogP contribution in [0.3, 0.4) is 0 Å². The van der Waals surface area contributed by atoms with E-state index < -0.39 is 11.9 Å². The highest BCUT2D eigenvalue weighted by Gasteiger charge is 2.05. The van der Waals surface area contributed by atoms with Gasteiger partial charge in [-0.15, -0.1) is 0 Å². The molecule has 0 bridgehead atoms. The molecule has 0 saturated carbocycles. The molecule has 166 valence electrons. The van der Waals surface area contributed by atoms with E-state index in [0.29, 0.717) is 30.8 Å². The smallest absolute Gasteiger partial charge is 0.328 e. The van der Waals surface area contributed by atoms with Crippen LogP contribution in [-0.4, -0.2) is 55.2 Å². The van der Waals surface area contributed by atoms with Crippen LogP contribution in [0.4, 0.5) is 16.2 Å². The standard InChI is InChI=1S/C16H26N4O2.C4H4O4/c1-4-15(21)18-13-7-9-14(10-8-13)19-16(22)17-11-12-20(5-2)6-3;5-3(6)1-2-4(7)8/h7-10H,4-6,11-12H2,1-3H3,(H,18,21)(H2,17,19,22);1-2H,(H,5,6)(H,7,8)/b;2-1+.